The lowest BCUT2D eigenvalue weighted by atomic mass is 10.1. The van der Waals surface area contributed by atoms with Gasteiger partial charge in [0.15, 0.2) is 5.82 Å². The van der Waals surface area contributed by atoms with Crippen molar-refractivity contribution in [3.8, 4) is 11.4 Å². The third kappa shape index (κ3) is 2.55. The van der Waals surface area contributed by atoms with E-state index in [0.717, 1.165) is 35.0 Å². The monoisotopic (exact) mass is 323 g/mol. The Bertz CT molecular complexity index is 929. The number of anilines is 2. The van der Waals surface area contributed by atoms with Gasteiger partial charge in [-0.25, -0.2) is 15.0 Å². The van der Waals surface area contributed by atoms with Crippen molar-refractivity contribution >= 4 is 28.3 Å². The summed E-state index contributed by atoms with van der Waals surface area (Å²) in [4.78, 5) is 25.1. The van der Waals surface area contributed by atoms with Crippen molar-refractivity contribution in [3.63, 3.8) is 0 Å². The second-order valence-electron chi connectivity index (χ2n) is 5.89. The van der Waals surface area contributed by atoms with Gasteiger partial charge in [-0.2, -0.15) is 5.10 Å². The zero-order chi connectivity index (χ0) is 16.7. The SMILES string of the molecule is CNc1ncc(-c2ncn(C)n2)c2cc(NC(=O)C3CC3)ncc12. The molecule has 2 N–H and O–H groups in total. The lowest BCUT2D eigenvalue weighted by molar-refractivity contribution is -0.117. The first-order valence-electron chi connectivity index (χ1n) is 7.79. The molecule has 1 amide bonds. The van der Waals surface area contributed by atoms with Crippen LogP contribution in [-0.2, 0) is 11.8 Å². The number of amides is 1. The maximum atomic E-state index is 12.0. The van der Waals surface area contributed by atoms with Gasteiger partial charge >= 0.3 is 0 Å². The van der Waals surface area contributed by atoms with Gasteiger partial charge in [-0.1, -0.05) is 0 Å². The molecule has 0 unspecified atom stereocenters. The summed E-state index contributed by atoms with van der Waals surface area (Å²) in [6.07, 6.45) is 7.00. The van der Waals surface area contributed by atoms with Gasteiger partial charge in [0.25, 0.3) is 0 Å². The van der Waals surface area contributed by atoms with Crippen molar-refractivity contribution in [3.05, 3.63) is 24.8 Å². The highest BCUT2D eigenvalue weighted by Crippen LogP contribution is 2.32. The van der Waals surface area contributed by atoms with E-state index in [9.17, 15) is 4.79 Å². The van der Waals surface area contributed by atoms with Crippen LogP contribution < -0.4 is 10.6 Å². The van der Waals surface area contributed by atoms with Crippen LogP contribution in [0.15, 0.2) is 24.8 Å². The number of pyridine rings is 2. The topological polar surface area (TPSA) is 97.6 Å². The Morgan fingerprint density at radius 1 is 1.21 bits per heavy atom. The molecule has 0 radical (unpaired) electrons. The fraction of sp³-hybridized carbons (Fsp3) is 0.312. The molecule has 1 aliphatic carbocycles. The standard InChI is InChI=1S/C16H17N7O/c1-17-14-11-6-18-13(21-16(24)9-3-4-9)5-10(11)12(7-19-14)15-20-8-23(2)22-15/h5-9H,3-4H2,1-2H3,(H,17,19)(H,18,21,24). The second-order valence-corrected chi connectivity index (χ2v) is 5.89. The van der Waals surface area contributed by atoms with Crippen LogP contribution in [0.3, 0.4) is 0 Å². The highest BCUT2D eigenvalue weighted by Gasteiger charge is 2.29. The first-order valence-corrected chi connectivity index (χ1v) is 7.79. The predicted octanol–water partition coefficient (Wildman–Crippen LogP) is 1.82. The Balaban J connectivity index is 1.83. The van der Waals surface area contributed by atoms with Crippen molar-refractivity contribution in [2.24, 2.45) is 13.0 Å². The molecule has 0 spiro atoms. The minimum atomic E-state index is 0.0299. The van der Waals surface area contributed by atoms with Crippen molar-refractivity contribution < 1.29 is 4.79 Å². The number of fused-ring (bicyclic) bond motifs is 1. The van der Waals surface area contributed by atoms with Crippen LogP contribution in [0.25, 0.3) is 22.2 Å². The molecule has 122 valence electrons. The summed E-state index contributed by atoms with van der Waals surface area (Å²) in [6.45, 7) is 0. The van der Waals surface area contributed by atoms with E-state index >= 15 is 0 Å². The maximum Gasteiger partial charge on any atom is 0.228 e. The van der Waals surface area contributed by atoms with Crippen molar-refractivity contribution in [2.45, 2.75) is 12.8 Å². The van der Waals surface area contributed by atoms with Crippen LogP contribution in [0.1, 0.15) is 12.8 Å². The zero-order valence-corrected chi connectivity index (χ0v) is 13.4. The lowest BCUT2D eigenvalue weighted by Gasteiger charge is -2.10. The Hall–Kier alpha value is -3.03. The Morgan fingerprint density at radius 2 is 2.04 bits per heavy atom. The highest BCUT2D eigenvalue weighted by atomic mass is 16.2. The van der Waals surface area contributed by atoms with Crippen molar-refractivity contribution in [1.29, 1.82) is 0 Å². The van der Waals surface area contributed by atoms with Crippen LogP contribution in [0, 0.1) is 5.92 Å². The molecule has 0 saturated heterocycles. The normalized spacial score (nSPS) is 13.9. The minimum Gasteiger partial charge on any atom is -0.373 e. The first-order chi connectivity index (χ1) is 11.7. The number of nitrogens with one attached hydrogen (secondary N) is 2. The summed E-state index contributed by atoms with van der Waals surface area (Å²) >= 11 is 0. The van der Waals surface area contributed by atoms with Crippen molar-refractivity contribution in [2.75, 3.05) is 17.7 Å². The fourth-order valence-corrected chi connectivity index (χ4v) is 2.62. The molecule has 0 bridgehead atoms. The molecule has 24 heavy (non-hydrogen) atoms. The van der Waals surface area contributed by atoms with Gasteiger partial charge in [-0.15, -0.1) is 0 Å². The quantitative estimate of drug-likeness (QED) is 0.760. The summed E-state index contributed by atoms with van der Waals surface area (Å²) in [7, 11) is 3.63. The average Bonchev–Trinajstić information content (AvgIpc) is 3.35. The van der Waals surface area contributed by atoms with Crippen LogP contribution in [0.4, 0.5) is 11.6 Å². The number of rotatable bonds is 4. The molecular weight excluding hydrogens is 306 g/mol. The molecule has 1 saturated carbocycles. The third-order valence-electron chi connectivity index (χ3n) is 4.05. The summed E-state index contributed by atoms with van der Waals surface area (Å²) in [5, 5.41) is 12.0. The molecule has 4 rings (SSSR count). The summed E-state index contributed by atoms with van der Waals surface area (Å²) in [6, 6.07) is 1.85. The number of hydrogen-bond acceptors (Lipinski definition) is 6. The Labute approximate surface area is 138 Å². The number of carbonyl (C=O) groups is 1. The number of aryl methyl sites for hydroxylation is 1. The van der Waals surface area contributed by atoms with E-state index in [1.807, 2.05) is 20.2 Å². The Morgan fingerprint density at radius 3 is 2.71 bits per heavy atom. The van der Waals surface area contributed by atoms with E-state index in [4.69, 9.17) is 0 Å². The maximum absolute atomic E-state index is 12.0. The largest absolute Gasteiger partial charge is 0.373 e. The summed E-state index contributed by atoms with van der Waals surface area (Å²) in [5.41, 5.74) is 0.800. The number of nitrogens with zero attached hydrogens (tertiary/aromatic N) is 5. The molecule has 8 nitrogen and oxygen atoms in total. The van der Waals surface area contributed by atoms with Gasteiger partial charge in [0, 0.05) is 48.7 Å². The van der Waals surface area contributed by atoms with Crippen molar-refractivity contribution in [1.82, 2.24) is 24.7 Å². The smallest absolute Gasteiger partial charge is 0.228 e. The van der Waals surface area contributed by atoms with Crippen LogP contribution in [0.2, 0.25) is 0 Å². The van der Waals surface area contributed by atoms with Crippen LogP contribution in [-0.4, -0.2) is 37.7 Å². The van der Waals surface area contributed by atoms with E-state index in [2.05, 4.69) is 30.7 Å². The van der Waals surface area contributed by atoms with Gasteiger partial charge in [-0.3, -0.25) is 9.48 Å². The zero-order valence-electron chi connectivity index (χ0n) is 13.4. The predicted molar refractivity (Wildman–Crippen MR) is 90.4 cm³/mol. The third-order valence-corrected chi connectivity index (χ3v) is 4.05. The molecule has 1 aliphatic rings. The minimum absolute atomic E-state index is 0.0299. The Kier molecular flexibility index (Phi) is 3.37. The van der Waals surface area contributed by atoms with Gasteiger partial charge < -0.3 is 10.6 Å². The molecule has 0 atom stereocenters. The molecule has 3 aromatic rings. The van der Waals surface area contributed by atoms with E-state index in [1.165, 1.54) is 0 Å². The summed E-state index contributed by atoms with van der Waals surface area (Å²) in [5.74, 6) is 2.00. The van der Waals surface area contributed by atoms with Gasteiger partial charge in [0.05, 0.1) is 0 Å². The van der Waals surface area contributed by atoms with E-state index in [1.54, 1.807) is 23.4 Å². The molecule has 0 aliphatic heterocycles. The van der Waals surface area contributed by atoms with Gasteiger partial charge in [0.2, 0.25) is 5.91 Å². The highest BCUT2D eigenvalue weighted by molar-refractivity contribution is 6.03. The van der Waals surface area contributed by atoms with Crippen LogP contribution >= 0.6 is 0 Å². The first kappa shape index (κ1) is 14.6. The summed E-state index contributed by atoms with van der Waals surface area (Å²) < 4.78 is 1.64. The second kappa shape index (κ2) is 5.55. The number of carbonyl (C=O) groups excluding carboxylic acids is 1. The molecule has 8 heteroatoms. The fourth-order valence-electron chi connectivity index (χ4n) is 2.62. The van der Waals surface area contributed by atoms with Gasteiger partial charge in [-0.05, 0) is 18.9 Å². The molecule has 0 aromatic carbocycles. The average molecular weight is 323 g/mol. The van der Waals surface area contributed by atoms with Gasteiger partial charge in [0.1, 0.15) is 18.0 Å². The molecule has 3 aromatic heterocycles. The van der Waals surface area contributed by atoms with E-state index < -0.39 is 0 Å². The number of hydrogen-bond donors (Lipinski definition) is 2. The van der Waals surface area contributed by atoms with E-state index in [0.29, 0.717) is 11.6 Å². The van der Waals surface area contributed by atoms with E-state index in [-0.39, 0.29) is 11.8 Å². The molecule has 3 heterocycles. The van der Waals surface area contributed by atoms with Crippen LogP contribution in [0.5, 0.6) is 0 Å². The molecular formula is C16H17N7O. The lowest BCUT2D eigenvalue weighted by Crippen LogP contribution is -2.14. The number of aromatic nitrogens is 5. The molecule has 1 fully saturated rings.